The van der Waals surface area contributed by atoms with Crippen molar-refractivity contribution in [3.05, 3.63) is 23.9 Å². The van der Waals surface area contributed by atoms with Gasteiger partial charge in [-0.2, -0.15) is 0 Å². The van der Waals surface area contributed by atoms with Gasteiger partial charge in [0.15, 0.2) is 5.65 Å². The van der Waals surface area contributed by atoms with E-state index < -0.39 is 0 Å². The molecular formula is C9H11FN4. The maximum Gasteiger partial charge on any atom is 0.177 e. The highest BCUT2D eigenvalue weighted by atomic mass is 19.1. The van der Waals surface area contributed by atoms with Crippen molar-refractivity contribution in [2.45, 2.75) is 19.4 Å². The Labute approximate surface area is 80.4 Å². The second-order valence-electron chi connectivity index (χ2n) is 3.16. The first-order chi connectivity index (χ1) is 6.70. The van der Waals surface area contributed by atoms with E-state index in [0.717, 1.165) is 12.6 Å². The van der Waals surface area contributed by atoms with Crippen LogP contribution < -0.4 is 5.73 Å². The van der Waals surface area contributed by atoms with Crippen LogP contribution in [0, 0.1) is 5.82 Å². The third-order valence-corrected chi connectivity index (χ3v) is 2.11. The molecule has 0 fully saturated rings. The first kappa shape index (κ1) is 9.08. The summed E-state index contributed by atoms with van der Waals surface area (Å²) in [5.41, 5.74) is 6.87. The molecule has 1 unspecified atom stereocenters. The maximum atomic E-state index is 12.8. The standard InChI is InChI=1S/C9H11FN4/c1-2-6(11)8-13-7-3-5(10)4-12-9(7)14-8/h3-4,6H,2,11H2,1H3,(H,12,13,14). The summed E-state index contributed by atoms with van der Waals surface area (Å²) in [4.78, 5) is 11.0. The number of fused-ring (bicyclic) bond motifs is 1. The van der Waals surface area contributed by atoms with Gasteiger partial charge in [0.05, 0.1) is 17.8 Å². The largest absolute Gasteiger partial charge is 0.339 e. The minimum absolute atomic E-state index is 0.146. The number of imidazole rings is 1. The number of halogens is 1. The molecule has 0 spiro atoms. The van der Waals surface area contributed by atoms with Crippen LogP contribution in [0.25, 0.3) is 11.2 Å². The van der Waals surface area contributed by atoms with E-state index in [2.05, 4.69) is 15.0 Å². The summed E-state index contributed by atoms with van der Waals surface area (Å²) in [7, 11) is 0. The third-order valence-electron chi connectivity index (χ3n) is 2.11. The van der Waals surface area contributed by atoms with E-state index in [9.17, 15) is 4.39 Å². The van der Waals surface area contributed by atoms with Crippen LogP contribution in [0.2, 0.25) is 0 Å². The molecule has 0 aliphatic rings. The number of hydrogen-bond acceptors (Lipinski definition) is 3. The molecule has 0 saturated carbocycles. The van der Waals surface area contributed by atoms with Gasteiger partial charge in [0.1, 0.15) is 11.6 Å². The van der Waals surface area contributed by atoms with Gasteiger partial charge in [-0.15, -0.1) is 0 Å². The van der Waals surface area contributed by atoms with Gasteiger partial charge in [-0.1, -0.05) is 6.92 Å². The maximum absolute atomic E-state index is 12.8. The average molecular weight is 194 g/mol. The molecule has 0 radical (unpaired) electrons. The summed E-state index contributed by atoms with van der Waals surface area (Å²) in [6.07, 6.45) is 1.92. The van der Waals surface area contributed by atoms with Crippen molar-refractivity contribution in [1.82, 2.24) is 15.0 Å². The number of pyridine rings is 1. The zero-order valence-electron chi connectivity index (χ0n) is 7.79. The number of rotatable bonds is 2. The van der Waals surface area contributed by atoms with Crippen LogP contribution in [0.5, 0.6) is 0 Å². The van der Waals surface area contributed by atoms with E-state index in [-0.39, 0.29) is 11.9 Å². The van der Waals surface area contributed by atoms with Crippen LogP contribution in [-0.2, 0) is 0 Å². The number of aromatic amines is 1. The molecule has 0 bridgehead atoms. The van der Waals surface area contributed by atoms with Crippen LogP contribution in [0.15, 0.2) is 12.3 Å². The SMILES string of the molecule is CCC(N)c1nc2ncc(F)cc2[nH]1. The van der Waals surface area contributed by atoms with Crippen LogP contribution in [0.1, 0.15) is 25.2 Å². The summed E-state index contributed by atoms with van der Waals surface area (Å²) >= 11 is 0. The summed E-state index contributed by atoms with van der Waals surface area (Å²) in [5.74, 6) is 0.276. The van der Waals surface area contributed by atoms with E-state index in [4.69, 9.17) is 5.73 Å². The highest BCUT2D eigenvalue weighted by Crippen LogP contribution is 2.15. The Morgan fingerprint density at radius 3 is 3.14 bits per heavy atom. The van der Waals surface area contributed by atoms with Gasteiger partial charge in [0.2, 0.25) is 0 Å². The first-order valence-electron chi connectivity index (χ1n) is 4.47. The van der Waals surface area contributed by atoms with Gasteiger partial charge in [0, 0.05) is 6.07 Å². The molecule has 74 valence electrons. The predicted molar refractivity (Wildman–Crippen MR) is 51.1 cm³/mol. The Morgan fingerprint density at radius 2 is 2.43 bits per heavy atom. The fourth-order valence-electron chi connectivity index (χ4n) is 1.26. The highest BCUT2D eigenvalue weighted by Gasteiger charge is 2.10. The summed E-state index contributed by atoms with van der Waals surface area (Å²) < 4.78 is 12.8. The lowest BCUT2D eigenvalue weighted by atomic mass is 10.2. The topological polar surface area (TPSA) is 67.6 Å². The lowest BCUT2D eigenvalue weighted by Gasteiger charge is -2.01. The molecule has 5 heteroatoms. The van der Waals surface area contributed by atoms with Crippen molar-refractivity contribution in [2.24, 2.45) is 5.73 Å². The zero-order chi connectivity index (χ0) is 10.1. The molecule has 0 aliphatic heterocycles. The van der Waals surface area contributed by atoms with Crippen molar-refractivity contribution < 1.29 is 4.39 Å². The predicted octanol–water partition coefficient (Wildman–Crippen LogP) is 1.51. The van der Waals surface area contributed by atoms with Crippen LogP contribution in [0.4, 0.5) is 4.39 Å². The van der Waals surface area contributed by atoms with Gasteiger partial charge in [0.25, 0.3) is 0 Å². The smallest absolute Gasteiger partial charge is 0.177 e. The van der Waals surface area contributed by atoms with Crippen molar-refractivity contribution in [2.75, 3.05) is 0 Å². The summed E-state index contributed by atoms with van der Waals surface area (Å²) in [6, 6.07) is 1.22. The quantitative estimate of drug-likeness (QED) is 0.761. The second kappa shape index (κ2) is 3.34. The lowest BCUT2D eigenvalue weighted by molar-refractivity contribution is 0.624. The molecule has 4 nitrogen and oxygen atoms in total. The minimum atomic E-state index is -0.377. The van der Waals surface area contributed by atoms with E-state index in [1.807, 2.05) is 6.92 Å². The number of hydrogen-bond donors (Lipinski definition) is 2. The normalized spacial score (nSPS) is 13.4. The molecule has 0 amide bonds. The number of nitrogens with two attached hydrogens (primary N) is 1. The minimum Gasteiger partial charge on any atom is -0.339 e. The van der Waals surface area contributed by atoms with E-state index in [0.29, 0.717) is 17.0 Å². The van der Waals surface area contributed by atoms with E-state index in [1.54, 1.807) is 0 Å². The fraction of sp³-hybridized carbons (Fsp3) is 0.333. The molecule has 2 aromatic rings. The molecule has 0 aliphatic carbocycles. The van der Waals surface area contributed by atoms with Crippen LogP contribution in [0.3, 0.4) is 0 Å². The summed E-state index contributed by atoms with van der Waals surface area (Å²) in [5, 5.41) is 0. The lowest BCUT2D eigenvalue weighted by Crippen LogP contribution is -2.10. The second-order valence-corrected chi connectivity index (χ2v) is 3.16. The molecule has 1 atom stereocenters. The molecule has 0 aromatic carbocycles. The van der Waals surface area contributed by atoms with Gasteiger partial charge in [-0.3, -0.25) is 0 Å². The van der Waals surface area contributed by atoms with Crippen LogP contribution >= 0.6 is 0 Å². The molecule has 2 aromatic heterocycles. The number of aromatic nitrogens is 3. The number of H-pyrrole nitrogens is 1. The monoisotopic (exact) mass is 194 g/mol. The Hall–Kier alpha value is -1.49. The first-order valence-corrected chi connectivity index (χ1v) is 4.47. The van der Waals surface area contributed by atoms with Crippen molar-refractivity contribution in [3.8, 4) is 0 Å². The summed E-state index contributed by atoms with van der Waals surface area (Å²) in [6.45, 7) is 1.96. The van der Waals surface area contributed by atoms with E-state index >= 15 is 0 Å². The van der Waals surface area contributed by atoms with E-state index in [1.165, 1.54) is 6.07 Å². The Balaban J connectivity index is 2.51. The van der Waals surface area contributed by atoms with Gasteiger partial charge >= 0.3 is 0 Å². The number of nitrogens with one attached hydrogen (secondary N) is 1. The molecule has 2 heterocycles. The Kier molecular flexibility index (Phi) is 2.17. The van der Waals surface area contributed by atoms with Crippen molar-refractivity contribution in [1.29, 1.82) is 0 Å². The van der Waals surface area contributed by atoms with Crippen molar-refractivity contribution in [3.63, 3.8) is 0 Å². The molecule has 0 saturated heterocycles. The van der Waals surface area contributed by atoms with Gasteiger partial charge in [-0.05, 0) is 6.42 Å². The third kappa shape index (κ3) is 1.46. The van der Waals surface area contributed by atoms with Gasteiger partial charge in [-0.25, -0.2) is 14.4 Å². The average Bonchev–Trinajstić information content (AvgIpc) is 2.59. The molecule has 2 rings (SSSR count). The fourth-order valence-corrected chi connectivity index (χ4v) is 1.26. The highest BCUT2D eigenvalue weighted by molar-refractivity contribution is 5.70. The Bertz CT molecular complexity index is 451. The Morgan fingerprint density at radius 1 is 1.64 bits per heavy atom. The molecule has 3 N–H and O–H groups in total. The number of nitrogens with zero attached hydrogens (tertiary/aromatic N) is 2. The van der Waals surface area contributed by atoms with Crippen LogP contribution in [-0.4, -0.2) is 15.0 Å². The molecule has 14 heavy (non-hydrogen) atoms. The zero-order valence-corrected chi connectivity index (χ0v) is 7.79. The molecular weight excluding hydrogens is 183 g/mol. The van der Waals surface area contributed by atoms with Gasteiger partial charge < -0.3 is 10.7 Å². The van der Waals surface area contributed by atoms with Crippen molar-refractivity contribution >= 4 is 11.2 Å².